The lowest BCUT2D eigenvalue weighted by molar-refractivity contribution is -0.143. The fourth-order valence-electron chi connectivity index (χ4n) is 3.12. The van der Waals surface area contributed by atoms with Crippen molar-refractivity contribution in [3.05, 3.63) is 59.4 Å². The van der Waals surface area contributed by atoms with Crippen LogP contribution in [0.5, 0.6) is 0 Å². The van der Waals surface area contributed by atoms with Gasteiger partial charge >= 0.3 is 5.97 Å². The number of anilines is 1. The molecule has 140 valence electrons. The molecule has 1 saturated heterocycles. The number of aromatic nitrogens is 1. The van der Waals surface area contributed by atoms with Crippen LogP contribution in [0.2, 0.25) is 0 Å². The van der Waals surface area contributed by atoms with Gasteiger partial charge in [0.15, 0.2) is 0 Å². The van der Waals surface area contributed by atoms with Gasteiger partial charge in [-0.2, -0.15) is 0 Å². The number of aliphatic carboxylic acids is 1. The molecule has 0 atom stereocenters. The monoisotopic (exact) mass is 367 g/mol. The van der Waals surface area contributed by atoms with Gasteiger partial charge in [0.1, 0.15) is 5.69 Å². The number of amides is 2. The fraction of sp³-hybridized carbons (Fsp3) is 0.300. The van der Waals surface area contributed by atoms with Gasteiger partial charge in [0.25, 0.3) is 11.8 Å². The van der Waals surface area contributed by atoms with E-state index in [1.54, 1.807) is 41.4 Å². The molecule has 0 aliphatic carbocycles. The molecule has 27 heavy (non-hydrogen) atoms. The summed E-state index contributed by atoms with van der Waals surface area (Å²) < 4.78 is 0. The Morgan fingerprint density at radius 3 is 2.37 bits per heavy atom. The Labute approximate surface area is 157 Å². The molecule has 1 aliphatic rings. The second kappa shape index (κ2) is 7.99. The topological polar surface area (TPSA) is 99.6 Å². The van der Waals surface area contributed by atoms with Crippen molar-refractivity contribution in [3.63, 3.8) is 0 Å². The zero-order valence-corrected chi connectivity index (χ0v) is 15.0. The Morgan fingerprint density at radius 1 is 1.11 bits per heavy atom. The van der Waals surface area contributed by atoms with E-state index in [1.807, 2.05) is 13.0 Å². The maximum absolute atomic E-state index is 12.6. The standard InChI is InChI=1S/C20H21N3O4/c1-13-3-2-10-21-17(13)18(24)22-16-6-4-14(5-7-16)19(25)23-11-8-15(9-12-23)20(26)27/h2-7,10,15H,8-9,11-12H2,1H3,(H,22,24)(H,26,27). The highest BCUT2D eigenvalue weighted by molar-refractivity contribution is 6.04. The number of carbonyl (C=O) groups is 3. The number of hydrogen-bond donors (Lipinski definition) is 2. The fourth-order valence-corrected chi connectivity index (χ4v) is 3.12. The van der Waals surface area contributed by atoms with Gasteiger partial charge in [-0.25, -0.2) is 0 Å². The van der Waals surface area contributed by atoms with E-state index in [2.05, 4.69) is 10.3 Å². The first kappa shape index (κ1) is 18.6. The molecule has 1 aliphatic heterocycles. The third-order valence-electron chi connectivity index (χ3n) is 4.75. The van der Waals surface area contributed by atoms with Gasteiger partial charge in [0, 0.05) is 30.5 Å². The first-order valence-electron chi connectivity index (χ1n) is 8.81. The third-order valence-corrected chi connectivity index (χ3v) is 4.75. The summed E-state index contributed by atoms with van der Waals surface area (Å²) in [4.78, 5) is 41.6. The number of nitrogens with one attached hydrogen (secondary N) is 1. The van der Waals surface area contributed by atoms with E-state index in [4.69, 9.17) is 5.11 Å². The minimum Gasteiger partial charge on any atom is -0.481 e. The van der Waals surface area contributed by atoms with E-state index >= 15 is 0 Å². The number of piperidine rings is 1. The second-order valence-electron chi connectivity index (χ2n) is 6.61. The zero-order chi connectivity index (χ0) is 19.4. The zero-order valence-electron chi connectivity index (χ0n) is 15.0. The summed E-state index contributed by atoms with van der Waals surface area (Å²) >= 11 is 0. The summed E-state index contributed by atoms with van der Waals surface area (Å²) in [5.74, 6) is -1.60. The van der Waals surface area contributed by atoms with Crippen LogP contribution in [0.25, 0.3) is 0 Å². The average Bonchev–Trinajstić information content (AvgIpc) is 2.68. The van der Waals surface area contributed by atoms with Crippen molar-refractivity contribution in [2.24, 2.45) is 5.92 Å². The molecular weight excluding hydrogens is 346 g/mol. The third kappa shape index (κ3) is 4.31. The van der Waals surface area contributed by atoms with Crippen molar-refractivity contribution in [1.82, 2.24) is 9.88 Å². The minimum absolute atomic E-state index is 0.128. The Balaban J connectivity index is 1.62. The van der Waals surface area contributed by atoms with Gasteiger partial charge in [-0.1, -0.05) is 6.07 Å². The van der Waals surface area contributed by atoms with Crippen LogP contribution in [0.15, 0.2) is 42.6 Å². The second-order valence-corrected chi connectivity index (χ2v) is 6.61. The Kier molecular flexibility index (Phi) is 5.49. The van der Waals surface area contributed by atoms with Crippen LogP contribution >= 0.6 is 0 Å². The van der Waals surface area contributed by atoms with Crippen LogP contribution in [0.3, 0.4) is 0 Å². The molecule has 0 bridgehead atoms. The van der Waals surface area contributed by atoms with Gasteiger partial charge in [-0.05, 0) is 55.7 Å². The highest BCUT2D eigenvalue weighted by atomic mass is 16.4. The molecule has 1 aromatic heterocycles. The molecule has 7 heteroatoms. The molecule has 0 unspecified atom stereocenters. The number of benzene rings is 1. The number of rotatable bonds is 4. The van der Waals surface area contributed by atoms with Crippen molar-refractivity contribution in [3.8, 4) is 0 Å². The van der Waals surface area contributed by atoms with E-state index < -0.39 is 5.97 Å². The number of aryl methyl sites for hydroxylation is 1. The molecular formula is C20H21N3O4. The molecule has 1 fully saturated rings. The summed E-state index contributed by atoms with van der Waals surface area (Å²) in [5, 5.41) is 11.8. The van der Waals surface area contributed by atoms with Crippen LogP contribution in [0, 0.1) is 12.8 Å². The molecule has 1 aromatic carbocycles. The van der Waals surface area contributed by atoms with Gasteiger partial charge in [-0.15, -0.1) is 0 Å². The van der Waals surface area contributed by atoms with Gasteiger partial charge < -0.3 is 15.3 Å². The number of nitrogens with zero attached hydrogens (tertiary/aromatic N) is 2. The summed E-state index contributed by atoms with van der Waals surface area (Å²) in [6.07, 6.45) is 2.51. The van der Waals surface area contributed by atoms with Gasteiger partial charge in [0.2, 0.25) is 0 Å². The average molecular weight is 367 g/mol. The predicted molar refractivity (Wildman–Crippen MR) is 99.6 cm³/mol. The number of carbonyl (C=O) groups excluding carboxylic acids is 2. The summed E-state index contributed by atoms with van der Waals surface area (Å²) in [5.41, 5.74) is 2.23. The van der Waals surface area contributed by atoms with E-state index in [1.165, 1.54) is 0 Å². The maximum Gasteiger partial charge on any atom is 0.306 e. The van der Waals surface area contributed by atoms with Crippen molar-refractivity contribution < 1.29 is 19.5 Å². The van der Waals surface area contributed by atoms with Crippen LogP contribution < -0.4 is 5.32 Å². The number of carboxylic acids is 1. The number of hydrogen-bond acceptors (Lipinski definition) is 4. The largest absolute Gasteiger partial charge is 0.481 e. The normalized spacial score (nSPS) is 14.6. The van der Waals surface area contributed by atoms with Crippen molar-refractivity contribution in [1.29, 1.82) is 0 Å². The highest BCUT2D eigenvalue weighted by Gasteiger charge is 2.27. The summed E-state index contributed by atoms with van der Waals surface area (Å²) in [6.45, 7) is 2.69. The number of carboxylic acid groups (broad SMARTS) is 1. The maximum atomic E-state index is 12.6. The molecule has 3 rings (SSSR count). The Morgan fingerprint density at radius 2 is 1.78 bits per heavy atom. The van der Waals surface area contributed by atoms with Crippen LogP contribution in [0.1, 0.15) is 39.3 Å². The molecule has 2 heterocycles. The molecule has 7 nitrogen and oxygen atoms in total. The smallest absolute Gasteiger partial charge is 0.306 e. The lowest BCUT2D eigenvalue weighted by atomic mass is 9.96. The van der Waals surface area contributed by atoms with Gasteiger partial charge in [-0.3, -0.25) is 19.4 Å². The van der Waals surface area contributed by atoms with E-state index in [9.17, 15) is 14.4 Å². The predicted octanol–water partition coefficient (Wildman–Crippen LogP) is 2.58. The lowest BCUT2D eigenvalue weighted by Crippen LogP contribution is -2.40. The van der Waals surface area contributed by atoms with Crippen LogP contribution in [-0.4, -0.2) is 45.9 Å². The molecule has 0 spiro atoms. The van der Waals surface area contributed by atoms with Gasteiger partial charge in [0.05, 0.1) is 5.92 Å². The molecule has 2 N–H and O–H groups in total. The first-order valence-corrected chi connectivity index (χ1v) is 8.81. The van der Waals surface area contributed by atoms with E-state index in [0.717, 1.165) is 5.56 Å². The SMILES string of the molecule is Cc1cccnc1C(=O)Nc1ccc(C(=O)N2CCC(C(=O)O)CC2)cc1. The molecule has 2 aromatic rings. The van der Waals surface area contributed by atoms with Crippen molar-refractivity contribution >= 4 is 23.5 Å². The Bertz CT molecular complexity index is 856. The number of likely N-dealkylation sites (tertiary alicyclic amines) is 1. The summed E-state index contributed by atoms with van der Waals surface area (Å²) in [7, 11) is 0. The van der Waals surface area contributed by atoms with Crippen LogP contribution in [-0.2, 0) is 4.79 Å². The number of pyridine rings is 1. The van der Waals surface area contributed by atoms with Crippen molar-refractivity contribution in [2.75, 3.05) is 18.4 Å². The van der Waals surface area contributed by atoms with Crippen molar-refractivity contribution in [2.45, 2.75) is 19.8 Å². The highest BCUT2D eigenvalue weighted by Crippen LogP contribution is 2.20. The minimum atomic E-state index is -0.801. The van der Waals surface area contributed by atoms with E-state index in [0.29, 0.717) is 42.9 Å². The van der Waals surface area contributed by atoms with Crippen LogP contribution in [0.4, 0.5) is 5.69 Å². The summed E-state index contributed by atoms with van der Waals surface area (Å²) in [6, 6.07) is 10.3. The molecule has 0 saturated carbocycles. The molecule has 2 amide bonds. The Hall–Kier alpha value is -3.22. The van der Waals surface area contributed by atoms with E-state index in [-0.39, 0.29) is 17.7 Å². The molecule has 0 radical (unpaired) electrons. The lowest BCUT2D eigenvalue weighted by Gasteiger charge is -2.30. The first-order chi connectivity index (χ1) is 13.0. The quantitative estimate of drug-likeness (QED) is 0.865.